The summed E-state index contributed by atoms with van der Waals surface area (Å²) in [7, 11) is 0. The van der Waals surface area contributed by atoms with Crippen LogP contribution in [0.3, 0.4) is 0 Å². The third-order valence-corrected chi connectivity index (χ3v) is 10.2. The minimum absolute atomic E-state index is 0.0109. The number of halogens is 8. The van der Waals surface area contributed by atoms with Crippen molar-refractivity contribution in [1.29, 1.82) is 0 Å². The van der Waals surface area contributed by atoms with Gasteiger partial charge < -0.3 is 20.1 Å². The van der Waals surface area contributed by atoms with Gasteiger partial charge >= 0.3 is 18.4 Å². The predicted octanol–water partition coefficient (Wildman–Crippen LogP) is 9.08. The maximum absolute atomic E-state index is 16.1. The lowest BCUT2D eigenvalue weighted by Crippen LogP contribution is -2.49. The topological polar surface area (TPSA) is 140 Å². The van der Waals surface area contributed by atoms with Crippen molar-refractivity contribution in [2.24, 2.45) is 10.4 Å². The number of hydrogen-bond donors (Lipinski definition) is 2. The van der Waals surface area contributed by atoms with E-state index >= 15 is 9.18 Å². The van der Waals surface area contributed by atoms with Crippen molar-refractivity contribution in [1.82, 2.24) is 30.3 Å². The van der Waals surface area contributed by atoms with Gasteiger partial charge in [-0.15, -0.1) is 4.99 Å². The summed E-state index contributed by atoms with van der Waals surface area (Å²) in [5.41, 5.74) is -5.03. The number of guanidine groups is 1. The second-order valence-corrected chi connectivity index (χ2v) is 16.2. The zero-order valence-electron chi connectivity index (χ0n) is 30.9. The Balaban J connectivity index is 1.51. The molecule has 1 aliphatic heterocycles. The molecule has 0 spiro atoms. The van der Waals surface area contributed by atoms with E-state index in [1.807, 2.05) is 5.32 Å². The van der Waals surface area contributed by atoms with Crippen molar-refractivity contribution in [3.8, 4) is 5.69 Å². The molecule has 4 aromatic rings. The van der Waals surface area contributed by atoms with Gasteiger partial charge in [0, 0.05) is 10.0 Å². The number of ether oxygens (including phenoxy) is 2. The van der Waals surface area contributed by atoms with Crippen molar-refractivity contribution in [3.63, 3.8) is 0 Å². The number of alkyl carbamates (subject to hydrolysis) is 1. The van der Waals surface area contributed by atoms with Gasteiger partial charge in [0.1, 0.15) is 36.4 Å². The normalized spacial score (nSPS) is 18.9. The van der Waals surface area contributed by atoms with Gasteiger partial charge in [0.25, 0.3) is 12.3 Å². The van der Waals surface area contributed by atoms with Crippen LogP contribution in [0.2, 0.25) is 5.02 Å². The zero-order chi connectivity index (χ0) is 42.2. The number of nitrogens with zero attached hydrogens (tertiary/aromatic N) is 5. The van der Waals surface area contributed by atoms with E-state index in [0.717, 1.165) is 22.0 Å². The van der Waals surface area contributed by atoms with Crippen molar-refractivity contribution in [2.75, 3.05) is 6.61 Å². The molecule has 0 bridgehead atoms. The van der Waals surface area contributed by atoms with Gasteiger partial charge in [-0.3, -0.25) is 9.69 Å². The highest BCUT2D eigenvalue weighted by Gasteiger charge is 2.65. The molecular weight excluding hydrogens is 864 g/mol. The number of nitrogens with one attached hydrogen (secondary N) is 2. The van der Waals surface area contributed by atoms with Crippen molar-refractivity contribution >= 4 is 51.6 Å². The molecule has 3 aromatic carbocycles. The van der Waals surface area contributed by atoms with E-state index in [1.165, 1.54) is 30.3 Å². The molecular formula is C38H35BrClF6N7O5. The highest BCUT2D eigenvalue weighted by molar-refractivity contribution is 9.10. The minimum atomic E-state index is -4.80. The first kappa shape index (κ1) is 42.4. The van der Waals surface area contributed by atoms with Gasteiger partial charge in [0.15, 0.2) is 5.82 Å². The summed E-state index contributed by atoms with van der Waals surface area (Å²) in [6.07, 6.45) is -10.7. The number of aliphatic imine (C=N–C) groups is 1. The van der Waals surface area contributed by atoms with Crippen LogP contribution in [0.1, 0.15) is 75.0 Å². The molecule has 1 aliphatic carbocycles. The first-order valence-corrected chi connectivity index (χ1v) is 18.8. The molecule has 1 saturated carbocycles. The summed E-state index contributed by atoms with van der Waals surface area (Å²) in [4.78, 5) is 50.3. The number of carbonyl (C=O) groups excluding carboxylic acids is 3. The molecule has 2 atom stereocenters. The Bertz CT molecular complexity index is 2230. The largest absolute Gasteiger partial charge is 0.447 e. The minimum Gasteiger partial charge on any atom is -0.447 e. The Hall–Kier alpha value is -5.17. The molecule has 1 saturated heterocycles. The van der Waals surface area contributed by atoms with Gasteiger partial charge in [-0.1, -0.05) is 90.8 Å². The van der Waals surface area contributed by atoms with Crippen LogP contribution in [0.15, 0.2) is 82.5 Å². The molecule has 3 amide bonds. The predicted molar refractivity (Wildman–Crippen MR) is 200 cm³/mol. The maximum atomic E-state index is 16.1. The molecule has 2 aliphatic rings. The van der Waals surface area contributed by atoms with Crippen LogP contribution in [0.4, 0.5) is 35.9 Å². The number of rotatable bonds is 11. The van der Waals surface area contributed by atoms with Crippen LogP contribution in [-0.4, -0.2) is 62.0 Å². The van der Waals surface area contributed by atoms with E-state index in [-0.39, 0.29) is 34.9 Å². The van der Waals surface area contributed by atoms with Crippen molar-refractivity contribution in [3.05, 3.63) is 111 Å². The van der Waals surface area contributed by atoms with Crippen LogP contribution in [-0.2, 0) is 26.4 Å². The van der Waals surface area contributed by atoms with Gasteiger partial charge in [-0.05, 0) is 60.1 Å². The van der Waals surface area contributed by atoms with E-state index in [1.54, 1.807) is 51.1 Å². The molecule has 58 heavy (non-hydrogen) atoms. The number of alkyl halides is 5. The van der Waals surface area contributed by atoms with Crippen LogP contribution >= 0.6 is 27.5 Å². The van der Waals surface area contributed by atoms with Crippen LogP contribution < -0.4 is 10.6 Å². The van der Waals surface area contributed by atoms with Crippen LogP contribution in [0, 0.1) is 11.2 Å². The monoisotopic (exact) mass is 897 g/mol. The lowest BCUT2D eigenvalue weighted by molar-refractivity contribution is -0.164. The Kier molecular flexibility index (Phi) is 11.9. The molecule has 20 heteroatoms. The van der Waals surface area contributed by atoms with Crippen molar-refractivity contribution in [2.45, 2.75) is 76.4 Å². The van der Waals surface area contributed by atoms with E-state index in [2.05, 4.69) is 36.3 Å². The third kappa shape index (κ3) is 8.94. The fourth-order valence-electron chi connectivity index (χ4n) is 6.64. The zero-order valence-corrected chi connectivity index (χ0v) is 33.3. The lowest BCUT2D eigenvalue weighted by Gasteiger charge is -2.35. The van der Waals surface area contributed by atoms with E-state index in [4.69, 9.17) is 21.1 Å². The second-order valence-electron chi connectivity index (χ2n) is 14.9. The number of amides is 3. The van der Waals surface area contributed by atoms with Gasteiger partial charge in [-0.25, -0.2) is 32.4 Å². The first-order valence-electron chi connectivity index (χ1n) is 17.6. The SMILES string of the molecule is CC(C)(C)C[C@]1(c2ccc(Br)cc2F)NC(=NC(=O)OCc2ccccc2)N([C@H](COC(=O)NC2(C(F)(F)F)CC2)c2ccc(Cl)c(-n3ncnc3C(F)F)c2)C1=O. The molecule has 12 nitrogen and oxygen atoms in total. The summed E-state index contributed by atoms with van der Waals surface area (Å²) >= 11 is 9.68. The molecule has 308 valence electrons. The molecule has 6 rings (SSSR count). The summed E-state index contributed by atoms with van der Waals surface area (Å²) in [6.45, 7) is 4.18. The lowest BCUT2D eigenvalue weighted by atomic mass is 9.75. The Labute approximate surface area is 341 Å². The Morgan fingerprint density at radius 1 is 1.05 bits per heavy atom. The summed E-state index contributed by atoms with van der Waals surface area (Å²) < 4.78 is 97.3. The van der Waals surface area contributed by atoms with E-state index in [9.17, 15) is 31.5 Å². The van der Waals surface area contributed by atoms with Gasteiger partial charge in [0.05, 0.1) is 16.8 Å². The van der Waals surface area contributed by atoms with Gasteiger partial charge in [-0.2, -0.15) is 18.3 Å². The molecule has 2 heterocycles. The number of hydrogen-bond acceptors (Lipinski definition) is 7. The summed E-state index contributed by atoms with van der Waals surface area (Å²) in [6, 6.07) is 14.7. The highest BCUT2D eigenvalue weighted by Crippen LogP contribution is 2.49. The fraction of sp³-hybridized carbons (Fsp3) is 0.368. The van der Waals surface area contributed by atoms with Crippen LogP contribution in [0.25, 0.3) is 5.69 Å². The maximum Gasteiger partial charge on any atom is 0.437 e. The Morgan fingerprint density at radius 2 is 1.76 bits per heavy atom. The molecule has 2 fully saturated rings. The fourth-order valence-corrected chi connectivity index (χ4v) is 7.17. The molecule has 1 aromatic heterocycles. The quantitative estimate of drug-likeness (QED) is 0.142. The molecule has 2 N–H and O–H groups in total. The smallest absolute Gasteiger partial charge is 0.437 e. The number of aromatic nitrogens is 3. The Morgan fingerprint density at radius 3 is 2.38 bits per heavy atom. The van der Waals surface area contributed by atoms with E-state index in [0.29, 0.717) is 10.0 Å². The second kappa shape index (κ2) is 16.2. The molecule has 0 unspecified atom stereocenters. The average Bonchev–Trinajstić information content (AvgIpc) is 3.68. The number of benzene rings is 3. The summed E-state index contributed by atoms with van der Waals surface area (Å²) in [5, 5.41) is 8.56. The highest BCUT2D eigenvalue weighted by atomic mass is 79.9. The summed E-state index contributed by atoms with van der Waals surface area (Å²) in [5.74, 6) is -3.07. The number of carbonyl (C=O) groups is 3. The first-order chi connectivity index (χ1) is 27.2. The molecule has 0 radical (unpaired) electrons. The van der Waals surface area contributed by atoms with Crippen molar-refractivity contribution < 1.29 is 50.2 Å². The average molecular weight is 899 g/mol. The third-order valence-electron chi connectivity index (χ3n) is 9.40. The standard InChI is InChI=1S/C38H35BrClF6N7O5/c1-35(2,3)19-37(24-11-10-23(39)16-26(24)41)31(54)52(32(50-37)49-33(55)57-17-21-7-5-4-6-8-21)28(18-58-34(56)51-36(13-14-36)38(44,45)46)22-9-12-25(40)27(15-22)53-30(29(42)43)47-20-48-53/h4-12,15-16,20,28-29H,13-14,17-19H2,1-3H3,(H,51,56)(H,49,50,55)/t28-,37-/m1/s1. The van der Waals surface area contributed by atoms with Crippen LogP contribution in [0.5, 0.6) is 0 Å². The van der Waals surface area contributed by atoms with E-state index < -0.39 is 90.3 Å². The van der Waals surface area contributed by atoms with Gasteiger partial charge in [0.2, 0.25) is 5.96 Å².